The van der Waals surface area contributed by atoms with Gasteiger partial charge in [-0.3, -0.25) is 9.48 Å². The van der Waals surface area contributed by atoms with Crippen LogP contribution in [0.25, 0.3) is 6.08 Å². The molecule has 5 heteroatoms. The van der Waals surface area contributed by atoms with Crippen LogP contribution in [0.4, 0.5) is 0 Å². The van der Waals surface area contributed by atoms with E-state index in [1.54, 1.807) is 27.9 Å². The van der Waals surface area contributed by atoms with Crippen molar-refractivity contribution in [3.05, 3.63) is 24.0 Å². The van der Waals surface area contributed by atoms with Crippen molar-refractivity contribution in [2.45, 2.75) is 31.7 Å². The largest absolute Gasteiger partial charge is 0.395 e. The lowest BCUT2D eigenvalue weighted by Crippen LogP contribution is -2.39. The van der Waals surface area contributed by atoms with Crippen LogP contribution in [0.3, 0.4) is 0 Å². The summed E-state index contributed by atoms with van der Waals surface area (Å²) in [5, 5.41) is 13.2. The number of hydrogen-bond donors (Lipinski definition) is 1. The molecule has 1 aromatic rings. The van der Waals surface area contributed by atoms with E-state index in [9.17, 15) is 4.79 Å². The Morgan fingerprint density at radius 1 is 1.58 bits per heavy atom. The van der Waals surface area contributed by atoms with E-state index in [4.69, 9.17) is 5.11 Å². The highest BCUT2D eigenvalue weighted by Crippen LogP contribution is 2.23. The van der Waals surface area contributed by atoms with E-state index in [1.807, 2.05) is 13.2 Å². The maximum absolute atomic E-state index is 12.2. The second-order valence-electron chi connectivity index (χ2n) is 4.97. The summed E-state index contributed by atoms with van der Waals surface area (Å²) < 4.78 is 1.70. The Labute approximate surface area is 113 Å². The summed E-state index contributed by atoms with van der Waals surface area (Å²) in [5.74, 6) is -0.0233. The van der Waals surface area contributed by atoms with Gasteiger partial charge in [-0.15, -0.1) is 0 Å². The second kappa shape index (κ2) is 6.52. The molecule has 1 aliphatic carbocycles. The molecule has 1 aliphatic rings. The third-order valence-corrected chi connectivity index (χ3v) is 3.53. The molecule has 0 radical (unpaired) electrons. The molecule has 0 bridgehead atoms. The van der Waals surface area contributed by atoms with E-state index in [0.29, 0.717) is 6.54 Å². The fourth-order valence-corrected chi connectivity index (χ4v) is 2.59. The summed E-state index contributed by atoms with van der Waals surface area (Å²) in [4.78, 5) is 14.0. The lowest BCUT2D eigenvalue weighted by molar-refractivity contribution is -0.128. The van der Waals surface area contributed by atoms with Crippen LogP contribution in [0.15, 0.2) is 18.5 Å². The minimum Gasteiger partial charge on any atom is -0.395 e. The Morgan fingerprint density at radius 3 is 2.89 bits per heavy atom. The van der Waals surface area contributed by atoms with Gasteiger partial charge in [0.15, 0.2) is 0 Å². The average Bonchev–Trinajstić information content (AvgIpc) is 3.04. The highest BCUT2D eigenvalue weighted by molar-refractivity contribution is 5.92. The molecule has 2 rings (SSSR count). The van der Waals surface area contributed by atoms with Gasteiger partial charge in [0, 0.05) is 37.5 Å². The molecule has 1 aromatic heterocycles. The predicted molar refractivity (Wildman–Crippen MR) is 73.3 cm³/mol. The maximum Gasteiger partial charge on any atom is 0.246 e. The number of hydrogen-bond acceptors (Lipinski definition) is 3. The zero-order valence-electron chi connectivity index (χ0n) is 11.3. The average molecular weight is 263 g/mol. The van der Waals surface area contributed by atoms with Crippen LogP contribution in [-0.2, 0) is 11.8 Å². The summed E-state index contributed by atoms with van der Waals surface area (Å²) in [7, 11) is 1.84. The van der Waals surface area contributed by atoms with Crippen LogP contribution in [-0.4, -0.2) is 44.9 Å². The zero-order chi connectivity index (χ0) is 13.7. The molecular formula is C14H21N3O2. The van der Waals surface area contributed by atoms with E-state index in [2.05, 4.69) is 5.10 Å². The summed E-state index contributed by atoms with van der Waals surface area (Å²) in [6.45, 7) is 0.434. The smallest absolute Gasteiger partial charge is 0.246 e. The van der Waals surface area contributed by atoms with Gasteiger partial charge in [-0.1, -0.05) is 12.8 Å². The van der Waals surface area contributed by atoms with Crippen molar-refractivity contribution in [3.8, 4) is 0 Å². The van der Waals surface area contributed by atoms with Gasteiger partial charge in [0.25, 0.3) is 0 Å². The lowest BCUT2D eigenvalue weighted by atomic mass is 10.2. The number of rotatable bonds is 5. The van der Waals surface area contributed by atoms with E-state index >= 15 is 0 Å². The zero-order valence-corrected chi connectivity index (χ0v) is 11.3. The van der Waals surface area contributed by atoms with Gasteiger partial charge in [-0.25, -0.2) is 0 Å². The molecule has 1 fully saturated rings. The molecule has 104 valence electrons. The molecule has 1 N–H and O–H groups in total. The number of carbonyl (C=O) groups is 1. The first-order valence-corrected chi connectivity index (χ1v) is 6.79. The molecule has 5 nitrogen and oxygen atoms in total. The second-order valence-corrected chi connectivity index (χ2v) is 4.97. The topological polar surface area (TPSA) is 58.4 Å². The Balaban J connectivity index is 2.00. The van der Waals surface area contributed by atoms with Crippen molar-refractivity contribution in [3.63, 3.8) is 0 Å². The number of amides is 1. The molecule has 0 spiro atoms. The number of aliphatic hydroxyl groups excluding tert-OH is 1. The number of carbonyl (C=O) groups excluding carboxylic acids is 1. The Morgan fingerprint density at radius 2 is 2.32 bits per heavy atom. The first-order valence-electron chi connectivity index (χ1n) is 6.79. The van der Waals surface area contributed by atoms with Crippen molar-refractivity contribution >= 4 is 12.0 Å². The van der Waals surface area contributed by atoms with Gasteiger partial charge in [0.1, 0.15) is 0 Å². The van der Waals surface area contributed by atoms with Crippen molar-refractivity contribution in [1.82, 2.24) is 14.7 Å². The Kier molecular flexibility index (Phi) is 4.74. The van der Waals surface area contributed by atoms with Crippen molar-refractivity contribution < 1.29 is 9.90 Å². The van der Waals surface area contributed by atoms with Gasteiger partial charge in [0.2, 0.25) is 5.91 Å². The van der Waals surface area contributed by atoms with Gasteiger partial charge in [0.05, 0.1) is 12.8 Å². The molecule has 1 heterocycles. The molecule has 0 unspecified atom stereocenters. The van der Waals surface area contributed by atoms with Crippen LogP contribution < -0.4 is 0 Å². The number of aromatic nitrogens is 2. The van der Waals surface area contributed by atoms with Crippen molar-refractivity contribution in [2.75, 3.05) is 13.2 Å². The van der Waals surface area contributed by atoms with Crippen molar-refractivity contribution in [1.29, 1.82) is 0 Å². The van der Waals surface area contributed by atoms with Crippen LogP contribution >= 0.6 is 0 Å². The van der Waals surface area contributed by atoms with Crippen LogP contribution in [0.1, 0.15) is 31.2 Å². The first-order chi connectivity index (χ1) is 9.20. The number of aryl methyl sites for hydroxylation is 1. The SMILES string of the molecule is Cn1cc(C=CC(=O)N(CCO)C2CCCC2)cn1. The van der Waals surface area contributed by atoms with Crippen LogP contribution in [0.5, 0.6) is 0 Å². The van der Waals surface area contributed by atoms with Crippen LogP contribution in [0.2, 0.25) is 0 Å². The highest BCUT2D eigenvalue weighted by Gasteiger charge is 2.24. The molecule has 1 amide bonds. The van der Waals surface area contributed by atoms with E-state index in [1.165, 1.54) is 12.8 Å². The summed E-state index contributed by atoms with van der Waals surface area (Å²) in [5.41, 5.74) is 0.909. The Hall–Kier alpha value is -1.62. The van der Waals surface area contributed by atoms with Gasteiger partial charge in [-0.2, -0.15) is 5.10 Å². The first kappa shape index (κ1) is 13.8. The molecule has 0 aromatic carbocycles. The fourth-order valence-electron chi connectivity index (χ4n) is 2.59. The fraction of sp³-hybridized carbons (Fsp3) is 0.571. The Bertz CT molecular complexity index is 447. The number of aliphatic hydroxyl groups is 1. The normalized spacial score (nSPS) is 16.3. The molecule has 1 saturated carbocycles. The standard InChI is InChI=1S/C14H21N3O2/c1-16-11-12(10-15-16)6-7-14(19)17(8-9-18)13-4-2-3-5-13/h6-7,10-11,13,18H,2-5,8-9H2,1H3. The van der Waals surface area contributed by atoms with Gasteiger partial charge < -0.3 is 10.0 Å². The third kappa shape index (κ3) is 3.67. The quantitative estimate of drug-likeness (QED) is 0.812. The minimum absolute atomic E-state index is 0.0168. The van der Waals surface area contributed by atoms with Crippen LogP contribution in [0, 0.1) is 0 Å². The molecule has 19 heavy (non-hydrogen) atoms. The summed E-state index contributed by atoms with van der Waals surface area (Å²) >= 11 is 0. The predicted octanol–water partition coefficient (Wildman–Crippen LogP) is 1.20. The van der Waals surface area contributed by atoms with Gasteiger partial charge >= 0.3 is 0 Å². The van der Waals surface area contributed by atoms with E-state index < -0.39 is 0 Å². The van der Waals surface area contributed by atoms with Gasteiger partial charge in [-0.05, 0) is 18.9 Å². The third-order valence-electron chi connectivity index (χ3n) is 3.53. The molecule has 0 atom stereocenters. The summed E-state index contributed by atoms with van der Waals surface area (Å²) in [6, 6.07) is 0.290. The highest BCUT2D eigenvalue weighted by atomic mass is 16.3. The molecule has 0 saturated heterocycles. The monoisotopic (exact) mass is 263 g/mol. The molecule has 0 aliphatic heterocycles. The summed E-state index contributed by atoms with van der Waals surface area (Å²) in [6.07, 6.45) is 11.4. The van der Waals surface area contributed by atoms with E-state index in [-0.39, 0.29) is 18.6 Å². The maximum atomic E-state index is 12.2. The minimum atomic E-state index is -0.0233. The van der Waals surface area contributed by atoms with E-state index in [0.717, 1.165) is 18.4 Å². The van der Waals surface area contributed by atoms with Crippen molar-refractivity contribution in [2.24, 2.45) is 7.05 Å². The number of nitrogens with zero attached hydrogens (tertiary/aromatic N) is 3. The lowest BCUT2D eigenvalue weighted by Gasteiger charge is -2.27. The molecular weight excluding hydrogens is 242 g/mol.